The molecule has 102 valence electrons. The third kappa shape index (κ3) is 2.75. The molecule has 0 aromatic carbocycles. The minimum Gasteiger partial charge on any atom is -0.476 e. The van der Waals surface area contributed by atoms with Gasteiger partial charge in [-0.05, 0) is 12.0 Å². The van der Waals surface area contributed by atoms with Gasteiger partial charge in [0.25, 0.3) is 6.43 Å². The van der Waals surface area contributed by atoms with Crippen LogP contribution in [0.5, 0.6) is 0 Å². The zero-order valence-electron chi connectivity index (χ0n) is 9.99. The molecule has 0 saturated heterocycles. The Morgan fingerprint density at radius 2 is 2.26 bits per heavy atom. The molecule has 2 aromatic rings. The molecule has 0 unspecified atom stereocenters. The fourth-order valence-corrected chi connectivity index (χ4v) is 1.69. The second-order valence-electron chi connectivity index (χ2n) is 3.92. The zero-order chi connectivity index (χ0) is 14.0. The number of carboxylic acids is 1. The molecule has 2 heterocycles. The molecule has 7 nitrogen and oxygen atoms in total. The van der Waals surface area contributed by atoms with E-state index >= 15 is 0 Å². The fourth-order valence-electron chi connectivity index (χ4n) is 1.69. The summed E-state index contributed by atoms with van der Waals surface area (Å²) in [4.78, 5) is 10.8. The van der Waals surface area contributed by atoms with Gasteiger partial charge in [-0.2, -0.15) is 5.10 Å². The van der Waals surface area contributed by atoms with Crippen molar-refractivity contribution in [2.24, 2.45) is 7.05 Å². The number of aryl methyl sites for hydroxylation is 3. The second-order valence-corrected chi connectivity index (χ2v) is 3.92. The average Bonchev–Trinajstić information content (AvgIpc) is 2.92. The van der Waals surface area contributed by atoms with Crippen LogP contribution in [0.25, 0.3) is 0 Å². The number of nitrogens with zero attached hydrogens (tertiary/aromatic N) is 5. The Bertz CT molecular complexity index is 593. The first-order valence-corrected chi connectivity index (χ1v) is 5.41. The molecule has 19 heavy (non-hydrogen) atoms. The summed E-state index contributed by atoms with van der Waals surface area (Å²) in [7, 11) is 1.74. The molecule has 0 bridgehead atoms. The van der Waals surface area contributed by atoms with Crippen molar-refractivity contribution in [1.82, 2.24) is 24.8 Å². The third-order valence-corrected chi connectivity index (χ3v) is 2.55. The molecule has 0 aliphatic heterocycles. The Morgan fingerprint density at radius 1 is 1.53 bits per heavy atom. The van der Waals surface area contributed by atoms with Gasteiger partial charge in [-0.25, -0.2) is 18.3 Å². The third-order valence-electron chi connectivity index (χ3n) is 2.55. The second kappa shape index (κ2) is 5.12. The molecule has 0 spiro atoms. The van der Waals surface area contributed by atoms with E-state index < -0.39 is 23.8 Å². The van der Waals surface area contributed by atoms with Crippen LogP contribution in [0.3, 0.4) is 0 Å². The van der Waals surface area contributed by atoms with Gasteiger partial charge in [0.05, 0.1) is 6.20 Å². The van der Waals surface area contributed by atoms with E-state index in [1.807, 2.05) is 0 Å². The highest BCUT2D eigenvalue weighted by atomic mass is 19.3. The molecular formula is C10H11F2N5O2. The van der Waals surface area contributed by atoms with Crippen LogP contribution in [0.4, 0.5) is 8.78 Å². The zero-order valence-corrected chi connectivity index (χ0v) is 9.99. The van der Waals surface area contributed by atoms with Crippen molar-refractivity contribution >= 4 is 5.97 Å². The van der Waals surface area contributed by atoms with Gasteiger partial charge >= 0.3 is 5.97 Å². The van der Waals surface area contributed by atoms with Gasteiger partial charge in [-0.1, -0.05) is 5.21 Å². The number of aromatic nitrogens is 5. The van der Waals surface area contributed by atoms with Crippen LogP contribution in [0.2, 0.25) is 0 Å². The normalized spacial score (nSPS) is 11.2. The molecule has 0 amide bonds. The molecular weight excluding hydrogens is 260 g/mol. The lowest BCUT2D eigenvalue weighted by Crippen LogP contribution is -2.10. The molecule has 0 aliphatic rings. The molecule has 0 atom stereocenters. The Labute approximate surface area is 106 Å². The summed E-state index contributed by atoms with van der Waals surface area (Å²) < 4.78 is 28.2. The van der Waals surface area contributed by atoms with E-state index in [-0.39, 0.29) is 6.54 Å². The molecule has 2 rings (SSSR count). The molecule has 0 fully saturated rings. The number of halogens is 2. The Kier molecular flexibility index (Phi) is 3.54. The van der Waals surface area contributed by atoms with Crippen molar-refractivity contribution < 1.29 is 18.7 Å². The number of rotatable bonds is 5. The van der Waals surface area contributed by atoms with E-state index in [1.54, 1.807) is 24.1 Å². The van der Waals surface area contributed by atoms with Gasteiger partial charge in [0.15, 0.2) is 5.69 Å². The van der Waals surface area contributed by atoms with Crippen LogP contribution in [-0.2, 0) is 20.0 Å². The number of alkyl halides is 2. The van der Waals surface area contributed by atoms with E-state index in [1.165, 1.54) is 0 Å². The number of carbonyl (C=O) groups is 1. The first kappa shape index (κ1) is 13.1. The van der Waals surface area contributed by atoms with Crippen LogP contribution in [0.1, 0.15) is 28.2 Å². The van der Waals surface area contributed by atoms with Crippen LogP contribution < -0.4 is 0 Å². The highest BCUT2D eigenvalue weighted by Crippen LogP contribution is 2.21. The first-order chi connectivity index (χ1) is 8.99. The number of hydrogen-bond acceptors (Lipinski definition) is 4. The molecule has 0 radical (unpaired) electrons. The van der Waals surface area contributed by atoms with Crippen molar-refractivity contribution in [3.63, 3.8) is 0 Å². The minimum absolute atomic E-state index is 0.117. The summed E-state index contributed by atoms with van der Waals surface area (Å²) in [6, 6.07) is 0. The Hall–Kier alpha value is -2.32. The largest absolute Gasteiger partial charge is 0.476 e. The average molecular weight is 271 g/mol. The standard InChI is InChI=1S/C10H11F2N5O2/c1-16-5-6(4-13-16)2-3-17-8(9(11)12)7(10(18)19)14-15-17/h4-5,9H,2-3H2,1H3,(H,18,19). The first-order valence-electron chi connectivity index (χ1n) is 5.41. The summed E-state index contributed by atoms with van der Waals surface area (Å²) in [6.07, 6.45) is 0.833. The summed E-state index contributed by atoms with van der Waals surface area (Å²) >= 11 is 0. The van der Waals surface area contributed by atoms with E-state index in [0.29, 0.717) is 6.42 Å². The Morgan fingerprint density at radius 3 is 2.79 bits per heavy atom. The minimum atomic E-state index is -2.94. The molecule has 0 saturated carbocycles. The van der Waals surface area contributed by atoms with Crippen LogP contribution in [0, 0.1) is 0 Å². The number of aromatic carboxylic acids is 1. The maximum absolute atomic E-state index is 12.8. The SMILES string of the molecule is Cn1cc(CCn2nnc(C(=O)O)c2C(F)F)cn1. The fraction of sp³-hybridized carbons (Fsp3) is 0.400. The van der Waals surface area contributed by atoms with Crippen LogP contribution >= 0.6 is 0 Å². The van der Waals surface area contributed by atoms with E-state index in [2.05, 4.69) is 15.4 Å². The quantitative estimate of drug-likeness (QED) is 0.872. The summed E-state index contributed by atoms with van der Waals surface area (Å²) in [5.74, 6) is -1.51. The smallest absolute Gasteiger partial charge is 0.358 e. The van der Waals surface area contributed by atoms with E-state index in [4.69, 9.17) is 5.11 Å². The molecule has 2 aromatic heterocycles. The lowest BCUT2D eigenvalue weighted by Gasteiger charge is -2.04. The molecule has 1 N–H and O–H groups in total. The summed E-state index contributed by atoms with van der Waals surface area (Å²) in [5.41, 5.74) is -0.535. The van der Waals surface area contributed by atoms with Crippen molar-refractivity contribution in [1.29, 1.82) is 0 Å². The topological polar surface area (TPSA) is 85.8 Å². The predicted molar refractivity (Wildman–Crippen MR) is 58.9 cm³/mol. The van der Waals surface area contributed by atoms with Crippen molar-refractivity contribution in [3.05, 3.63) is 29.3 Å². The van der Waals surface area contributed by atoms with Crippen molar-refractivity contribution in [2.75, 3.05) is 0 Å². The summed E-state index contributed by atoms with van der Waals surface area (Å²) in [5, 5.41) is 19.4. The van der Waals surface area contributed by atoms with Gasteiger partial charge in [0, 0.05) is 19.8 Å². The van der Waals surface area contributed by atoms with Crippen LogP contribution in [0.15, 0.2) is 12.4 Å². The maximum Gasteiger partial charge on any atom is 0.358 e. The van der Waals surface area contributed by atoms with Crippen LogP contribution in [-0.4, -0.2) is 35.9 Å². The van der Waals surface area contributed by atoms with Crippen molar-refractivity contribution in [2.45, 2.75) is 19.4 Å². The Balaban J connectivity index is 2.18. The highest BCUT2D eigenvalue weighted by Gasteiger charge is 2.26. The lowest BCUT2D eigenvalue weighted by molar-refractivity contribution is 0.0675. The van der Waals surface area contributed by atoms with Gasteiger partial charge in [-0.3, -0.25) is 4.68 Å². The molecule has 9 heteroatoms. The predicted octanol–water partition coefficient (Wildman–Crippen LogP) is 0.890. The lowest BCUT2D eigenvalue weighted by atomic mass is 10.2. The number of carboxylic acid groups (broad SMARTS) is 1. The summed E-state index contributed by atoms with van der Waals surface area (Å²) in [6.45, 7) is 0.117. The van der Waals surface area contributed by atoms with E-state index in [0.717, 1.165) is 10.2 Å². The monoisotopic (exact) mass is 271 g/mol. The van der Waals surface area contributed by atoms with Gasteiger partial charge in [0.1, 0.15) is 5.69 Å². The molecule has 0 aliphatic carbocycles. The maximum atomic E-state index is 12.8. The van der Waals surface area contributed by atoms with Gasteiger partial charge in [0.2, 0.25) is 0 Å². The van der Waals surface area contributed by atoms with E-state index in [9.17, 15) is 13.6 Å². The van der Waals surface area contributed by atoms with Gasteiger partial charge in [-0.15, -0.1) is 5.10 Å². The van der Waals surface area contributed by atoms with Crippen molar-refractivity contribution in [3.8, 4) is 0 Å². The number of hydrogen-bond donors (Lipinski definition) is 1. The van der Waals surface area contributed by atoms with Gasteiger partial charge < -0.3 is 5.11 Å². The highest BCUT2D eigenvalue weighted by molar-refractivity contribution is 5.86.